The highest BCUT2D eigenvalue weighted by molar-refractivity contribution is 5.38. The fraction of sp³-hybridized carbons (Fsp3) is 0.647. The summed E-state index contributed by atoms with van der Waals surface area (Å²) in [6, 6.07) is 6.29. The minimum absolute atomic E-state index is 0.383. The van der Waals surface area contributed by atoms with Crippen molar-refractivity contribution < 1.29 is 14.2 Å². The molecule has 0 saturated carbocycles. The first-order valence-corrected chi connectivity index (χ1v) is 7.81. The molecule has 0 spiro atoms. The van der Waals surface area contributed by atoms with Crippen molar-refractivity contribution in [3.63, 3.8) is 0 Å². The van der Waals surface area contributed by atoms with Gasteiger partial charge in [-0.1, -0.05) is 38.8 Å². The lowest BCUT2D eigenvalue weighted by Crippen LogP contribution is -2.28. The summed E-state index contributed by atoms with van der Waals surface area (Å²) in [4.78, 5) is 0. The van der Waals surface area contributed by atoms with Crippen molar-refractivity contribution in [2.24, 2.45) is 0 Å². The van der Waals surface area contributed by atoms with E-state index in [-0.39, 0.29) is 0 Å². The van der Waals surface area contributed by atoms with Crippen LogP contribution in [0.15, 0.2) is 18.2 Å². The zero-order valence-corrected chi connectivity index (χ0v) is 12.7. The van der Waals surface area contributed by atoms with Gasteiger partial charge in [0.2, 0.25) is 0 Å². The zero-order chi connectivity index (χ0) is 14.2. The highest BCUT2D eigenvalue weighted by atomic mass is 16.6. The molecule has 1 fully saturated rings. The van der Waals surface area contributed by atoms with Crippen LogP contribution in [0.2, 0.25) is 0 Å². The number of hydrogen-bond acceptors (Lipinski definition) is 3. The second-order valence-electron chi connectivity index (χ2n) is 5.27. The van der Waals surface area contributed by atoms with Crippen LogP contribution in [0.4, 0.5) is 0 Å². The molecule has 3 nitrogen and oxygen atoms in total. The smallest absolute Gasteiger partial charge is 0.127 e. The highest BCUT2D eigenvalue weighted by Gasteiger charge is 2.12. The Morgan fingerprint density at radius 2 is 2.10 bits per heavy atom. The molecule has 3 rings (SSSR count). The molecule has 20 heavy (non-hydrogen) atoms. The van der Waals surface area contributed by atoms with E-state index in [0.29, 0.717) is 6.10 Å². The molecule has 0 N–H and O–H groups in total. The molecule has 0 aromatic heterocycles. The molecule has 0 aromatic carbocycles. The van der Waals surface area contributed by atoms with Gasteiger partial charge >= 0.3 is 0 Å². The van der Waals surface area contributed by atoms with Gasteiger partial charge in [0.15, 0.2) is 0 Å². The fourth-order valence-electron chi connectivity index (χ4n) is 2.22. The van der Waals surface area contributed by atoms with Gasteiger partial charge in [-0.25, -0.2) is 0 Å². The Bertz CT molecular complexity index is 477. The Morgan fingerprint density at radius 1 is 1.20 bits per heavy atom. The van der Waals surface area contributed by atoms with Crippen LogP contribution >= 0.6 is 0 Å². The van der Waals surface area contributed by atoms with Gasteiger partial charge in [0.25, 0.3) is 0 Å². The molecule has 3 heteroatoms. The Morgan fingerprint density at radius 3 is 2.60 bits per heavy atom. The normalized spacial score (nSPS) is 19.0. The van der Waals surface area contributed by atoms with Crippen LogP contribution in [-0.2, 0) is 9.47 Å². The van der Waals surface area contributed by atoms with Crippen molar-refractivity contribution in [2.45, 2.75) is 45.6 Å². The van der Waals surface area contributed by atoms with Gasteiger partial charge in [-0.05, 0) is 24.1 Å². The maximum atomic E-state index is 5.46. The third kappa shape index (κ3) is 4.22. The molecule has 1 atom stereocenters. The summed E-state index contributed by atoms with van der Waals surface area (Å²) >= 11 is 0. The molecular formula is C17H26O3. The fourth-order valence-corrected chi connectivity index (χ4v) is 2.22. The quantitative estimate of drug-likeness (QED) is 0.807. The topological polar surface area (TPSA) is 27.7 Å². The summed E-state index contributed by atoms with van der Waals surface area (Å²) in [5.74, 6) is 1.08. The molecule has 2 aliphatic carbocycles. The Labute approximate surface area is 121 Å². The lowest BCUT2D eigenvalue weighted by molar-refractivity contribution is -0.0911. The van der Waals surface area contributed by atoms with Crippen LogP contribution in [0.1, 0.15) is 39.5 Å². The largest absolute Gasteiger partial charge is 0.493 e. The van der Waals surface area contributed by atoms with Crippen molar-refractivity contribution >= 4 is 0 Å². The second-order valence-corrected chi connectivity index (χ2v) is 5.27. The van der Waals surface area contributed by atoms with Crippen molar-refractivity contribution in [3.05, 3.63) is 28.6 Å². The molecule has 112 valence electrons. The van der Waals surface area contributed by atoms with Gasteiger partial charge in [-0.2, -0.15) is 0 Å². The predicted molar refractivity (Wildman–Crippen MR) is 80.0 cm³/mol. The third-order valence-electron chi connectivity index (χ3n) is 3.52. The monoisotopic (exact) mass is 278 g/mol. The summed E-state index contributed by atoms with van der Waals surface area (Å²) in [5, 5.41) is 2.67. The van der Waals surface area contributed by atoms with Crippen molar-refractivity contribution in [1.82, 2.24) is 0 Å². The first kappa shape index (κ1) is 15.3. The Kier molecular flexibility index (Phi) is 6.34. The second kappa shape index (κ2) is 8.28. The first-order valence-electron chi connectivity index (χ1n) is 7.81. The van der Waals surface area contributed by atoms with Gasteiger partial charge in [0.05, 0.1) is 32.5 Å². The average molecular weight is 278 g/mol. The van der Waals surface area contributed by atoms with E-state index < -0.39 is 0 Å². The van der Waals surface area contributed by atoms with Gasteiger partial charge in [0, 0.05) is 5.22 Å². The van der Waals surface area contributed by atoms with E-state index in [1.165, 1.54) is 23.3 Å². The summed E-state index contributed by atoms with van der Waals surface area (Å²) in [5.41, 5.74) is 0. The van der Waals surface area contributed by atoms with Gasteiger partial charge in [0.1, 0.15) is 5.75 Å². The van der Waals surface area contributed by atoms with Crippen molar-refractivity contribution in [1.29, 1.82) is 0 Å². The van der Waals surface area contributed by atoms with Crippen LogP contribution in [0, 0.1) is 10.4 Å². The molecule has 1 aliphatic heterocycles. The van der Waals surface area contributed by atoms with Gasteiger partial charge in [-0.15, -0.1) is 0 Å². The van der Waals surface area contributed by atoms with E-state index in [1.807, 2.05) is 0 Å². The van der Waals surface area contributed by atoms with E-state index in [2.05, 4.69) is 32.0 Å². The summed E-state index contributed by atoms with van der Waals surface area (Å²) in [7, 11) is 0. The number of ether oxygens (including phenoxy) is 3. The number of benzene rings is 1. The maximum Gasteiger partial charge on any atom is 0.127 e. The first-order chi connectivity index (χ1) is 9.85. The molecular weight excluding hydrogens is 252 g/mol. The summed E-state index contributed by atoms with van der Waals surface area (Å²) < 4.78 is 16.1. The van der Waals surface area contributed by atoms with Crippen LogP contribution in [0.5, 0.6) is 5.75 Å². The number of rotatable bonds is 6. The molecule has 1 unspecified atom stereocenters. The van der Waals surface area contributed by atoms with E-state index in [4.69, 9.17) is 14.2 Å². The zero-order valence-electron chi connectivity index (χ0n) is 12.7. The van der Waals surface area contributed by atoms with E-state index in [1.54, 1.807) is 0 Å². The summed E-state index contributed by atoms with van der Waals surface area (Å²) in [6.45, 7) is 7.53. The highest BCUT2D eigenvalue weighted by Crippen LogP contribution is 2.23. The Hall–Kier alpha value is -1.06. The van der Waals surface area contributed by atoms with Crippen LogP contribution in [-0.4, -0.2) is 32.5 Å². The average Bonchev–Trinajstić information content (AvgIpc) is 2.48. The SMILES string of the molecule is CCCCC1COCCO1.CCCOc1cc2ccc1=2. The van der Waals surface area contributed by atoms with Crippen LogP contribution in [0.3, 0.4) is 0 Å². The third-order valence-corrected chi connectivity index (χ3v) is 3.52. The van der Waals surface area contributed by atoms with Gasteiger partial charge in [-0.3, -0.25) is 0 Å². The molecule has 0 amide bonds. The predicted octanol–water partition coefficient (Wildman–Crippen LogP) is 3.67. The maximum absolute atomic E-state index is 5.46. The minimum Gasteiger partial charge on any atom is -0.493 e. The van der Waals surface area contributed by atoms with E-state index >= 15 is 0 Å². The lowest BCUT2D eigenvalue weighted by Gasteiger charge is -2.22. The minimum atomic E-state index is 0.383. The van der Waals surface area contributed by atoms with Crippen molar-refractivity contribution in [2.75, 3.05) is 26.4 Å². The molecule has 0 aromatic rings. The molecule has 3 aliphatic rings. The Balaban J connectivity index is 0.000000147. The lowest BCUT2D eigenvalue weighted by atomic mass is 10.1. The molecule has 1 saturated heterocycles. The van der Waals surface area contributed by atoms with Crippen molar-refractivity contribution in [3.8, 4) is 5.75 Å². The van der Waals surface area contributed by atoms with E-state index in [0.717, 1.165) is 45.0 Å². The molecule has 0 radical (unpaired) electrons. The number of unbranched alkanes of at least 4 members (excludes halogenated alkanes) is 1. The van der Waals surface area contributed by atoms with Crippen LogP contribution in [0.25, 0.3) is 0 Å². The van der Waals surface area contributed by atoms with Crippen LogP contribution < -0.4 is 4.74 Å². The van der Waals surface area contributed by atoms with E-state index in [9.17, 15) is 0 Å². The molecule has 0 bridgehead atoms. The molecule has 1 heterocycles. The standard InChI is InChI=1S/C9H10O.C8H16O2/c1-2-5-10-9-6-7-3-4-8(7)9;1-2-3-4-8-7-9-5-6-10-8/h3-4,6H,2,5H2,1H3;8H,2-7H2,1H3. The number of hydrogen-bond donors (Lipinski definition) is 0. The van der Waals surface area contributed by atoms with Gasteiger partial charge < -0.3 is 14.2 Å². The summed E-state index contributed by atoms with van der Waals surface area (Å²) in [6.07, 6.45) is 5.14.